The third-order valence-electron chi connectivity index (χ3n) is 3.90. The highest BCUT2D eigenvalue weighted by Gasteiger charge is 2.13. The molecule has 0 aliphatic rings. The molecule has 0 amide bonds. The van der Waals surface area contributed by atoms with Gasteiger partial charge in [0.15, 0.2) is 11.5 Å². The number of rotatable bonds is 11. The average Bonchev–Trinajstić information content (AvgIpc) is 3.11. The highest BCUT2D eigenvalue weighted by Crippen LogP contribution is 2.37. The molecule has 4 heteroatoms. The highest BCUT2D eigenvalue weighted by atomic mass is 32.1. The minimum absolute atomic E-state index is 0.741. The van der Waals surface area contributed by atoms with E-state index in [0.29, 0.717) is 0 Å². The minimum Gasteiger partial charge on any atom is -0.492 e. The molecule has 0 radical (unpaired) electrons. The summed E-state index contributed by atoms with van der Waals surface area (Å²) >= 11 is 1.58. The lowest BCUT2D eigenvalue weighted by Gasteiger charge is -2.13. The maximum atomic E-state index is 5.95. The number of benzene rings is 1. The standard InChI is InChI=1S/C19H27NO2S/c1-3-4-5-6-7-8-9-13-22-18-12-10-11-16(19(18)21-2)17-14-23-15-20-17/h10-12,14-15H,3-9,13H2,1-2H3. The SMILES string of the molecule is CCCCCCCCCOc1cccc(-c2cscn2)c1OC. The van der Waals surface area contributed by atoms with Crippen LogP contribution in [-0.2, 0) is 0 Å². The summed E-state index contributed by atoms with van der Waals surface area (Å²) in [6.07, 6.45) is 9.00. The van der Waals surface area contributed by atoms with Crippen LogP contribution in [0.25, 0.3) is 11.3 Å². The van der Waals surface area contributed by atoms with Crippen LogP contribution < -0.4 is 9.47 Å². The number of ether oxygens (including phenoxy) is 2. The van der Waals surface area contributed by atoms with Crippen molar-refractivity contribution in [1.29, 1.82) is 0 Å². The van der Waals surface area contributed by atoms with Crippen molar-refractivity contribution in [2.45, 2.75) is 51.9 Å². The summed E-state index contributed by atoms with van der Waals surface area (Å²) in [5.74, 6) is 1.59. The van der Waals surface area contributed by atoms with Crippen LogP contribution in [0.5, 0.6) is 11.5 Å². The summed E-state index contributed by atoms with van der Waals surface area (Å²) < 4.78 is 11.5. The van der Waals surface area contributed by atoms with E-state index in [-0.39, 0.29) is 0 Å². The molecular formula is C19H27NO2S. The fourth-order valence-corrected chi connectivity index (χ4v) is 3.18. The van der Waals surface area contributed by atoms with Crippen LogP contribution in [0.3, 0.4) is 0 Å². The molecule has 0 saturated carbocycles. The number of thiazole rings is 1. The van der Waals surface area contributed by atoms with E-state index in [0.717, 1.165) is 35.8 Å². The van der Waals surface area contributed by atoms with E-state index >= 15 is 0 Å². The molecular weight excluding hydrogens is 306 g/mol. The molecule has 2 rings (SSSR count). The summed E-state index contributed by atoms with van der Waals surface area (Å²) in [4.78, 5) is 4.36. The quantitative estimate of drug-likeness (QED) is 0.476. The lowest BCUT2D eigenvalue weighted by molar-refractivity contribution is 0.285. The monoisotopic (exact) mass is 333 g/mol. The van der Waals surface area contributed by atoms with Gasteiger partial charge in [-0.15, -0.1) is 11.3 Å². The normalized spacial score (nSPS) is 10.7. The lowest BCUT2D eigenvalue weighted by atomic mass is 10.1. The van der Waals surface area contributed by atoms with Crippen LogP contribution in [0.1, 0.15) is 51.9 Å². The van der Waals surface area contributed by atoms with E-state index in [1.165, 1.54) is 38.5 Å². The molecule has 0 unspecified atom stereocenters. The molecule has 3 nitrogen and oxygen atoms in total. The van der Waals surface area contributed by atoms with Crippen molar-refractivity contribution in [1.82, 2.24) is 4.98 Å². The largest absolute Gasteiger partial charge is 0.492 e. The molecule has 0 aliphatic carbocycles. The Balaban J connectivity index is 1.82. The van der Waals surface area contributed by atoms with E-state index in [1.54, 1.807) is 18.4 Å². The molecule has 0 fully saturated rings. The van der Waals surface area contributed by atoms with Crippen molar-refractivity contribution >= 4 is 11.3 Å². The van der Waals surface area contributed by atoms with Gasteiger partial charge in [-0.3, -0.25) is 0 Å². The first-order chi connectivity index (χ1) is 11.4. The van der Waals surface area contributed by atoms with Crippen LogP contribution in [0.2, 0.25) is 0 Å². The van der Waals surface area contributed by atoms with E-state index in [2.05, 4.69) is 11.9 Å². The summed E-state index contributed by atoms with van der Waals surface area (Å²) in [7, 11) is 1.69. The van der Waals surface area contributed by atoms with Gasteiger partial charge in [0, 0.05) is 10.9 Å². The lowest BCUT2D eigenvalue weighted by Crippen LogP contribution is -2.00. The second-order valence-electron chi connectivity index (χ2n) is 5.68. The predicted octanol–water partition coefficient (Wildman–Crippen LogP) is 5.95. The Labute approximate surface area is 143 Å². The maximum Gasteiger partial charge on any atom is 0.170 e. The van der Waals surface area contributed by atoms with Crippen molar-refractivity contribution in [3.8, 4) is 22.8 Å². The van der Waals surface area contributed by atoms with Gasteiger partial charge in [0.05, 0.1) is 24.9 Å². The second kappa shape index (κ2) is 10.3. The fourth-order valence-electron chi connectivity index (χ4n) is 2.63. The number of unbranched alkanes of at least 4 members (excludes halogenated alkanes) is 6. The molecule has 0 saturated heterocycles. The molecule has 0 atom stereocenters. The summed E-state index contributed by atoms with van der Waals surface area (Å²) in [6, 6.07) is 5.99. The molecule has 126 valence electrons. The zero-order chi connectivity index (χ0) is 16.3. The molecule has 23 heavy (non-hydrogen) atoms. The van der Waals surface area contributed by atoms with E-state index in [4.69, 9.17) is 9.47 Å². The Kier molecular flexibility index (Phi) is 7.95. The Bertz CT molecular complexity index is 555. The molecule has 1 aromatic heterocycles. The molecule has 1 heterocycles. The first-order valence-corrected chi connectivity index (χ1v) is 9.49. The van der Waals surface area contributed by atoms with E-state index < -0.39 is 0 Å². The van der Waals surface area contributed by atoms with Gasteiger partial charge in [0.1, 0.15) is 0 Å². The molecule has 0 aliphatic heterocycles. The van der Waals surface area contributed by atoms with Crippen molar-refractivity contribution < 1.29 is 9.47 Å². The topological polar surface area (TPSA) is 31.4 Å². The van der Waals surface area contributed by atoms with E-state index in [9.17, 15) is 0 Å². The zero-order valence-corrected chi connectivity index (χ0v) is 15.0. The van der Waals surface area contributed by atoms with Crippen LogP contribution >= 0.6 is 11.3 Å². The van der Waals surface area contributed by atoms with Crippen LogP contribution in [0.4, 0.5) is 0 Å². The predicted molar refractivity (Wildman–Crippen MR) is 97.6 cm³/mol. The van der Waals surface area contributed by atoms with Gasteiger partial charge in [-0.1, -0.05) is 51.5 Å². The summed E-state index contributed by atoms with van der Waals surface area (Å²) in [5.41, 5.74) is 3.76. The highest BCUT2D eigenvalue weighted by molar-refractivity contribution is 7.07. The number of methoxy groups -OCH3 is 1. The van der Waals surface area contributed by atoms with Crippen LogP contribution in [0, 0.1) is 0 Å². The first-order valence-electron chi connectivity index (χ1n) is 8.55. The zero-order valence-electron chi connectivity index (χ0n) is 14.2. The average molecular weight is 333 g/mol. The van der Waals surface area contributed by atoms with Crippen LogP contribution in [0.15, 0.2) is 29.1 Å². The molecule has 0 spiro atoms. The number of hydrogen-bond donors (Lipinski definition) is 0. The third-order valence-corrected chi connectivity index (χ3v) is 4.48. The fraction of sp³-hybridized carbons (Fsp3) is 0.526. The molecule has 0 bridgehead atoms. The van der Waals surface area contributed by atoms with Crippen molar-refractivity contribution in [2.75, 3.05) is 13.7 Å². The van der Waals surface area contributed by atoms with Crippen molar-refractivity contribution in [3.05, 3.63) is 29.1 Å². The molecule has 2 aromatic rings. The van der Waals surface area contributed by atoms with Crippen molar-refractivity contribution in [2.24, 2.45) is 0 Å². The number of nitrogens with zero attached hydrogens (tertiary/aromatic N) is 1. The Hall–Kier alpha value is -1.55. The number of hydrogen-bond acceptors (Lipinski definition) is 4. The van der Waals surface area contributed by atoms with Gasteiger partial charge >= 0.3 is 0 Å². The van der Waals surface area contributed by atoms with Crippen LogP contribution in [-0.4, -0.2) is 18.7 Å². The van der Waals surface area contributed by atoms with Gasteiger partial charge in [-0.25, -0.2) is 4.98 Å². The van der Waals surface area contributed by atoms with Gasteiger partial charge in [0.2, 0.25) is 0 Å². The Morgan fingerprint density at radius 1 is 1.04 bits per heavy atom. The Morgan fingerprint density at radius 3 is 2.52 bits per heavy atom. The minimum atomic E-state index is 0.741. The molecule has 0 N–H and O–H groups in total. The van der Waals surface area contributed by atoms with Gasteiger partial charge < -0.3 is 9.47 Å². The number of para-hydroxylation sites is 1. The Morgan fingerprint density at radius 2 is 1.83 bits per heavy atom. The second-order valence-corrected chi connectivity index (χ2v) is 6.40. The van der Waals surface area contributed by atoms with Gasteiger partial charge in [-0.2, -0.15) is 0 Å². The van der Waals surface area contributed by atoms with Gasteiger partial charge in [-0.05, 0) is 18.6 Å². The summed E-state index contributed by atoms with van der Waals surface area (Å²) in [5, 5.41) is 2.03. The first kappa shape index (κ1) is 17.8. The van der Waals surface area contributed by atoms with Crippen molar-refractivity contribution in [3.63, 3.8) is 0 Å². The summed E-state index contributed by atoms with van der Waals surface area (Å²) in [6.45, 7) is 2.99. The van der Waals surface area contributed by atoms with E-state index in [1.807, 2.05) is 29.1 Å². The smallest absolute Gasteiger partial charge is 0.170 e. The maximum absolute atomic E-state index is 5.95. The van der Waals surface area contributed by atoms with Gasteiger partial charge in [0.25, 0.3) is 0 Å². The number of aromatic nitrogens is 1. The molecule has 1 aromatic carbocycles. The third kappa shape index (κ3) is 5.54.